The number of ether oxygens (including phenoxy) is 1. The first-order chi connectivity index (χ1) is 8.40. The molecule has 0 amide bonds. The largest absolute Gasteiger partial charge is 0.373 e. The van der Waals surface area contributed by atoms with Gasteiger partial charge in [-0.2, -0.15) is 0 Å². The molecule has 17 heavy (non-hydrogen) atoms. The fourth-order valence-corrected chi connectivity index (χ4v) is 2.98. The molecule has 3 atom stereocenters. The number of nitrogens with zero attached hydrogens (tertiary/aromatic N) is 4. The first-order valence-corrected chi connectivity index (χ1v) is 6.56. The predicted molar refractivity (Wildman–Crippen MR) is 59.2 cm³/mol. The van der Waals surface area contributed by atoms with E-state index in [0.29, 0.717) is 24.3 Å². The van der Waals surface area contributed by atoms with E-state index in [1.54, 1.807) is 0 Å². The maximum atomic E-state index is 5.86. The molecule has 2 bridgehead atoms. The molecule has 1 N–H and O–H groups in total. The van der Waals surface area contributed by atoms with Gasteiger partial charge in [-0.3, -0.25) is 0 Å². The van der Waals surface area contributed by atoms with Crippen LogP contribution in [0.1, 0.15) is 44.0 Å². The molecular weight excluding hydrogens is 218 g/mol. The summed E-state index contributed by atoms with van der Waals surface area (Å²) in [5, 5.41) is 15.6. The third kappa shape index (κ3) is 1.75. The van der Waals surface area contributed by atoms with Gasteiger partial charge in [0.05, 0.1) is 24.8 Å². The summed E-state index contributed by atoms with van der Waals surface area (Å²) in [5.41, 5.74) is 0. The number of rotatable bonds is 4. The molecule has 1 aromatic rings. The van der Waals surface area contributed by atoms with E-state index >= 15 is 0 Å². The normalized spacial score (nSPS) is 35.6. The quantitative estimate of drug-likeness (QED) is 0.819. The van der Waals surface area contributed by atoms with Crippen molar-refractivity contribution in [2.45, 2.75) is 62.9 Å². The van der Waals surface area contributed by atoms with Crippen molar-refractivity contribution in [3.63, 3.8) is 0 Å². The molecule has 2 saturated heterocycles. The van der Waals surface area contributed by atoms with Crippen molar-refractivity contribution >= 4 is 0 Å². The fourth-order valence-electron chi connectivity index (χ4n) is 2.98. The summed E-state index contributed by atoms with van der Waals surface area (Å²) >= 11 is 0. The monoisotopic (exact) mass is 235 g/mol. The number of hydrogen-bond acceptors (Lipinski definition) is 5. The number of fused-ring (bicyclic) bond motifs is 2. The molecular formula is C11H17N5O. The van der Waals surface area contributed by atoms with Crippen molar-refractivity contribution in [1.29, 1.82) is 0 Å². The average Bonchev–Trinajstić information content (AvgIpc) is 2.81. The highest BCUT2D eigenvalue weighted by atomic mass is 16.5. The summed E-state index contributed by atoms with van der Waals surface area (Å²) in [6.07, 6.45) is 6.80. The minimum atomic E-state index is 0.336. The lowest BCUT2D eigenvalue weighted by Gasteiger charge is -2.19. The van der Waals surface area contributed by atoms with Crippen molar-refractivity contribution < 1.29 is 4.74 Å². The zero-order chi connectivity index (χ0) is 11.2. The summed E-state index contributed by atoms with van der Waals surface area (Å²) in [5.74, 6) is 0.957. The van der Waals surface area contributed by atoms with E-state index in [0.717, 1.165) is 25.2 Å². The van der Waals surface area contributed by atoms with Crippen LogP contribution in [-0.2, 0) is 11.3 Å². The molecule has 6 nitrogen and oxygen atoms in total. The van der Waals surface area contributed by atoms with Crippen molar-refractivity contribution in [2.24, 2.45) is 0 Å². The SMILES string of the molecule is C(NC1CC1)c1nnnn1C1CC2CCC1O2. The second-order valence-electron chi connectivity index (χ2n) is 5.37. The Balaban J connectivity index is 1.50. The molecule has 92 valence electrons. The number of hydrogen-bond donors (Lipinski definition) is 1. The molecule has 1 aromatic heterocycles. The molecule has 4 rings (SSSR count). The highest BCUT2D eigenvalue weighted by molar-refractivity contribution is 4.97. The van der Waals surface area contributed by atoms with Gasteiger partial charge >= 0.3 is 0 Å². The van der Waals surface area contributed by atoms with Gasteiger partial charge in [0.1, 0.15) is 0 Å². The first kappa shape index (κ1) is 9.96. The van der Waals surface area contributed by atoms with E-state index in [-0.39, 0.29) is 0 Å². The molecule has 1 saturated carbocycles. The Morgan fingerprint density at radius 2 is 2.24 bits per heavy atom. The van der Waals surface area contributed by atoms with Crippen LogP contribution in [0.3, 0.4) is 0 Å². The van der Waals surface area contributed by atoms with Gasteiger partial charge in [0, 0.05) is 6.04 Å². The zero-order valence-electron chi connectivity index (χ0n) is 9.75. The zero-order valence-corrected chi connectivity index (χ0v) is 9.75. The Kier molecular flexibility index (Phi) is 2.19. The van der Waals surface area contributed by atoms with Crippen LogP contribution in [0.25, 0.3) is 0 Å². The first-order valence-electron chi connectivity index (χ1n) is 6.56. The van der Waals surface area contributed by atoms with Gasteiger partial charge in [0.25, 0.3) is 0 Å². The van der Waals surface area contributed by atoms with Crippen molar-refractivity contribution in [2.75, 3.05) is 0 Å². The van der Waals surface area contributed by atoms with Crippen LogP contribution in [-0.4, -0.2) is 38.5 Å². The Hall–Kier alpha value is -1.01. The summed E-state index contributed by atoms with van der Waals surface area (Å²) in [4.78, 5) is 0. The fraction of sp³-hybridized carbons (Fsp3) is 0.909. The minimum absolute atomic E-state index is 0.336. The summed E-state index contributed by atoms with van der Waals surface area (Å²) in [7, 11) is 0. The van der Waals surface area contributed by atoms with Gasteiger partial charge in [-0.15, -0.1) is 5.10 Å². The maximum Gasteiger partial charge on any atom is 0.165 e. The van der Waals surface area contributed by atoms with E-state index in [9.17, 15) is 0 Å². The highest BCUT2D eigenvalue weighted by Crippen LogP contribution is 2.41. The molecule has 0 spiro atoms. The van der Waals surface area contributed by atoms with Crippen LogP contribution in [0, 0.1) is 0 Å². The Labute approximate surface area is 99.7 Å². The molecule has 3 fully saturated rings. The van der Waals surface area contributed by atoms with Crippen molar-refractivity contribution in [3.8, 4) is 0 Å². The van der Waals surface area contributed by atoms with Crippen molar-refractivity contribution in [3.05, 3.63) is 5.82 Å². The van der Waals surface area contributed by atoms with Crippen LogP contribution in [0.5, 0.6) is 0 Å². The summed E-state index contributed by atoms with van der Waals surface area (Å²) < 4.78 is 7.85. The average molecular weight is 235 g/mol. The van der Waals surface area contributed by atoms with Gasteiger partial charge in [0.15, 0.2) is 5.82 Å². The van der Waals surface area contributed by atoms with E-state index in [4.69, 9.17) is 4.74 Å². The van der Waals surface area contributed by atoms with E-state index in [1.807, 2.05) is 4.68 Å². The lowest BCUT2D eigenvalue weighted by molar-refractivity contribution is 0.0914. The molecule has 3 unspecified atom stereocenters. The highest BCUT2D eigenvalue weighted by Gasteiger charge is 2.43. The maximum absolute atomic E-state index is 5.86. The third-order valence-electron chi connectivity index (χ3n) is 4.08. The molecule has 0 radical (unpaired) electrons. The second-order valence-corrected chi connectivity index (χ2v) is 5.37. The van der Waals surface area contributed by atoms with Crippen LogP contribution < -0.4 is 5.32 Å². The van der Waals surface area contributed by atoms with Crippen LogP contribution in [0.4, 0.5) is 0 Å². The van der Waals surface area contributed by atoms with Gasteiger partial charge in [-0.25, -0.2) is 4.68 Å². The van der Waals surface area contributed by atoms with E-state index in [1.165, 1.54) is 19.3 Å². The molecule has 6 heteroatoms. The lowest BCUT2D eigenvalue weighted by atomic mass is 9.95. The number of nitrogens with one attached hydrogen (secondary N) is 1. The summed E-state index contributed by atoms with van der Waals surface area (Å²) in [6, 6.07) is 1.05. The predicted octanol–water partition coefficient (Wildman–Crippen LogP) is 0.417. The summed E-state index contributed by atoms with van der Waals surface area (Å²) in [6.45, 7) is 0.783. The molecule has 2 aliphatic heterocycles. The number of tetrazole rings is 1. The molecule has 1 aliphatic carbocycles. The lowest BCUT2D eigenvalue weighted by Crippen LogP contribution is -2.26. The molecule has 3 heterocycles. The van der Waals surface area contributed by atoms with Gasteiger partial charge in [0.2, 0.25) is 0 Å². The van der Waals surface area contributed by atoms with Gasteiger partial charge < -0.3 is 10.1 Å². The van der Waals surface area contributed by atoms with Gasteiger partial charge in [-0.05, 0) is 42.5 Å². The van der Waals surface area contributed by atoms with Crippen LogP contribution >= 0.6 is 0 Å². The minimum Gasteiger partial charge on any atom is -0.373 e. The topological polar surface area (TPSA) is 64.9 Å². The van der Waals surface area contributed by atoms with Crippen LogP contribution in [0.2, 0.25) is 0 Å². The molecule has 0 aromatic carbocycles. The Bertz CT molecular complexity index is 416. The second kappa shape index (κ2) is 3.74. The number of aromatic nitrogens is 4. The van der Waals surface area contributed by atoms with Gasteiger partial charge in [-0.1, -0.05) is 0 Å². The standard InChI is InChI=1S/C11H17N5O/c1-2-7(1)12-6-11-13-14-15-16(11)9-5-8-3-4-10(9)17-8/h7-10,12H,1-6H2. The van der Waals surface area contributed by atoms with E-state index in [2.05, 4.69) is 20.8 Å². The van der Waals surface area contributed by atoms with Crippen LogP contribution in [0.15, 0.2) is 0 Å². The Morgan fingerprint density at radius 1 is 1.29 bits per heavy atom. The molecule has 3 aliphatic rings. The third-order valence-corrected chi connectivity index (χ3v) is 4.08. The van der Waals surface area contributed by atoms with E-state index < -0.39 is 0 Å². The Morgan fingerprint density at radius 3 is 2.94 bits per heavy atom. The smallest absolute Gasteiger partial charge is 0.165 e. The van der Waals surface area contributed by atoms with Crippen molar-refractivity contribution in [1.82, 2.24) is 25.5 Å².